The van der Waals surface area contributed by atoms with E-state index in [1.54, 1.807) is 17.7 Å². The third-order valence-corrected chi connectivity index (χ3v) is 5.35. The van der Waals surface area contributed by atoms with Gasteiger partial charge in [0.2, 0.25) is 0 Å². The molecule has 0 radical (unpaired) electrons. The molecule has 0 unspecified atom stereocenters. The number of aromatic nitrogens is 3. The lowest BCUT2D eigenvalue weighted by molar-refractivity contribution is 0.181. The first-order valence-electron chi connectivity index (χ1n) is 9.78. The number of hydrogen-bond acceptors (Lipinski definition) is 5. The zero-order chi connectivity index (χ0) is 22.0. The van der Waals surface area contributed by atoms with Gasteiger partial charge in [-0.3, -0.25) is 0 Å². The van der Waals surface area contributed by atoms with Crippen LogP contribution in [0.3, 0.4) is 0 Å². The minimum atomic E-state index is -0.344. The monoisotopic (exact) mass is 440 g/mol. The molecular weight excluding hydrogens is 419 g/mol. The van der Waals surface area contributed by atoms with E-state index in [1.165, 1.54) is 12.1 Å². The number of aliphatic hydroxyl groups is 1. The number of methoxy groups -OCH3 is 1. The van der Waals surface area contributed by atoms with Crippen LogP contribution in [0.4, 0.5) is 10.2 Å². The number of likely N-dealkylation sites (N-methyl/N-ethyl adjacent to an activating group) is 1. The molecule has 0 saturated carbocycles. The third-order valence-electron chi connectivity index (χ3n) is 5.02. The normalized spacial score (nSPS) is 11.3. The molecule has 0 aliphatic rings. The Kier molecular flexibility index (Phi) is 6.18. The molecule has 0 aliphatic heterocycles. The van der Waals surface area contributed by atoms with Crippen molar-refractivity contribution in [2.24, 2.45) is 0 Å². The van der Waals surface area contributed by atoms with Crippen molar-refractivity contribution in [1.29, 1.82) is 0 Å². The molecular formula is C23H22ClFN4O2. The summed E-state index contributed by atoms with van der Waals surface area (Å²) in [5.41, 5.74) is 4.10. The molecule has 0 atom stereocenters. The van der Waals surface area contributed by atoms with E-state index in [2.05, 4.69) is 0 Å². The Bertz CT molecular complexity index is 1230. The van der Waals surface area contributed by atoms with Crippen LogP contribution in [-0.2, 0) is 11.3 Å². The maximum Gasteiger partial charge on any atom is 0.166 e. The molecule has 0 saturated heterocycles. The Balaban J connectivity index is 2.07. The van der Waals surface area contributed by atoms with Crippen LogP contribution in [0.5, 0.6) is 0 Å². The van der Waals surface area contributed by atoms with E-state index < -0.39 is 0 Å². The molecule has 1 N–H and O–H groups in total. The second-order valence-corrected chi connectivity index (χ2v) is 7.53. The van der Waals surface area contributed by atoms with Gasteiger partial charge in [-0.1, -0.05) is 41.9 Å². The predicted molar refractivity (Wildman–Crippen MR) is 120 cm³/mol. The number of rotatable bonds is 7. The highest BCUT2D eigenvalue weighted by Gasteiger charge is 2.22. The molecule has 0 aliphatic carbocycles. The largest absolute Gasteiger partial charge is 0.395 e. The van der Waals surface area contributed by atoms with Crippen molar-refractivity contribution in [3.63, 3.8) is 0 Å². The Morgan fingerprint density at radius 1 is 1.16 bits per heavy atom. The van der Waals surface area contributed by atoms with Gasteiger partial charge in [-0.15, -0.1) is 0 Å². The molecule has 0 fully saturated rings. The summed E-state index contributed by atoms with van der Waals surface area (Å²) in [5.74, 6) is 0.279. The summed E-state index contributed by atoms with van der Waals surface area (Å²) >= 11 is 6.52. The van der Waals surface area contributed by atoms with Crippen molar-refractivity contribution in [3.8, 4) is 22.4 Å². The quantitative estimate of drug-likeness (QED) is 0.460. The average molecular weight is 441 g/mol. The van der Waals surface area contributed by atoms with Gasteiger partial charge in [0.1, 0.15) is 11.6 Å². The first-order valence-corrected chi connectivity index (χ1v) is 10.2. The van der Waals surface area contributed by atoms with Crippen molar-refractivity contribution in [1.82, 2.24) is 14.6 Å². The summed E-state index contributed by atoms with van der Waals surface area (Å²) in [4.78, 5) is 6.67. The number of fused-ring (bicyclic) bond motifs is 1. The summed E-state index contributed by atoms with van der Waals surface area (Å²) in [6.07, 6.45) is 0. The van der Waals surface area contributed by atoms with Crippen molar-refractivity contribution in [2.75, 3.05) is 32.2 Å². The van der Waals surface area contributed by atoms with Crippen LogP contribution in [0.1, 0.15) is 5.69 Å². The molecule has 6 nitrogen and oxygen atoms in total. The molecule has 8 heteroatoms. The number of nitrogens with zero attached hydrogens (tertiary/aromatic N) is 4. The number of halogens is 2. The van der Waals surface area contributed by atoms with Gasteiger partial charge < -0.3 is 14.7 Å². The summed E-state index contributed by atoms with van der Waals surface area (Å²) in [6, 6.07) is 15.6. The van der Waals surface area contributed by atoms with Crippen LogP contribution in [0, 0.1) is 5.82 Å². The van der Waals surface area contributed by atoms with Crippen molar-refractivity contribution < 1.29 is 14.2 Å². The van der Waals surface area contributed by atoms with Gasteiger partial charge in [0.05, 0.1) is 30.2 Å². The van der Waals surface area contributed by atoms with Gasteiger partial charge >= 0.3 is 0 Å². The molecule has 2 aromatic carbocycles. The van der Waals surface area contributed by atoms with E-state index in [-0.39, 0.29) is 19.0 Å². The Morgan fingerprint density at radius 2 is 1.97 bits per heavy atom. The van der Waals surface area contributed by atoms with Crippen molar-refractivity contribution >= 4 is 23.1 Å². The maximum atomic E-state index is 14.0. The highest BCUT2D eigenvalue weighted by atomic mass is 35.5. The first-order chi connectivity index (χ1) is 15.0. The van der Waals surface area contributed by atoms with Crippen LogP contribution < -0.4 is 4.90 Å². The summed E-state index contributed by atoms with van der Waals surface area (Å²) < 4.78 is 21.1. The van der Waals surface area contributed by atoms with Gasteiger partial charge in [-0.25, -0.2) is 13.9 Å². The highest BCUT2D eigenvalue weighted by molar-refractivity contribution is 6.33. The molecule has 160 valence electrons. The highest BCUT2D eigenvalue weighted by Crippen LogP contribution is 2.36. The van der Waals surface area contributed by atoms with E-state index in [1.807, 2.05) is 48.3 Å². The van der Waals surface area contributed by atoms with Crippen LogP contribution >= 0.6 is 11.6 Å². The van der Waals surface area contributed by atoms with Crippen LogP contribution in [0.15, 0.2) is 54.6 Å². The lowest BCUT2D eigenvalue weighted by Crippen LogP contribution is -2.22. The first kappa shape index (κ1) is 21.2. The molecule has 4 aromatic rings. The molecule has 31 heavy (non-hydrogen) atoms. The van der Waals surface area contributed by atoms with Gasteiger partial charge in [-0.2, -0.15) is 5.10 Å². The summed E-state index contributed by atoms with van der Waals surface area (Å²) in [6.45, 7) is 0.630. The maximum absolute atomic E-state index is 14.0. The smallest absolute Gasteiger partial charge is 0.166 e. The van der Waals surface area contributed by atoms with Gasteiger partial charge in [-0.05, 0) is 18.2 Å². The molecule has 4 rings (SSSR count). The fourth-order valence-electron chi connectivity index (χ4n) is 3.54. The van der Waals surface area contributed by atoms with Gasteiger partial charge in [0.25, 0.3) is 0 Å². The number of hydrogen-bond donors (Lipinski definition) is 1. The Labute approximate surface area is 184 Å². The number of anilines is 1. The minimum absolute atomic E-state index is 0.0236. The van der Waals surface area contributed by atoms with Gasteiger partial charge in [0, 0.05) is 42.9 Å². The van der Waals surface area contributed by atoms with E-state index in [0.29, 0.717) is 40.0 Å². The number of ether oxygens (including phenoxy) is 1. The van der Waals surface area contributed by atoms with Crippen LogP contribution in [0.2, 0.25) is 5.02 Å². The fourth-order valence-corrected chi connectivity index (χ4v) is 3.77. The molecule has 2 heterocycles. The number of benzene rings is 2. The predicted octanol–water partition coefficient (Wildman–Crippen LogP) is 4.43. The standard InChI is InChI=1S/C23H22ClFN4O2/c1-28(10-11-30)21-13-20(15-6-5-7-16(25)12-15)29-23(26-21)22(19(27-29)14-31-2)17-8-3-4-9-18(17)24/h3-9,12-13,30H,10-11,14H2,1-2H3. The molecule has 0 spiro atoms. The van der Waals surface area contributed by atoms with Crippen molar-refractivity contribution in [2.45, 2.75) is 6.61 Å². The van der Waals surface area contributed by atoms with E-state index in [0.717, 1.165) is 11.1 Å². The topological polar surface area (TPSA) is 62.9 Å². The lowest BCUT2D eigenvalue weighted by atomic mass is 10.1. The summed E-state index contributed by atoms with van der Waals surface area (Å²) in [5, 5.41) is 14.7. The van der Waals surface area contributed by atoms with Crippen LogP contribution in [-0.4, -0.2) is 47.0 Å². The fraction of sp³-hybridized carbons (Fsp3) is 0.217. The SMILES string of the molecule is COCc1nn2c(-c3cccc(F)c3)cc(N(C)CCO)nc2c1-c1ccccc1Cl. The number of aliphatic hydroxyl groups excluding tert-OH is 1. The van der Waals surface area contributed by atoms with E-state index >= 15 is 0 Å². The molecule has 0 amide bonds. The lowest BCUT2D eigenvalue weighted by Gasteiger charge is -2.18. The Morgan fingerprint density at radius 3 is 2.68 bits per heavy atom. The molecule has 2 aromatic heterocycles. The minimum Gasteiger partial charge on any atom is -0.395 e. The average Bonchev–Trinajstić information content (AvgIpc) is 3.11. The zero-order valence-electron chi connectivity index (χ0n) is 17.2. The Hall–Kier alpha value is -3.00. The molecule has 0 bridgehead atoms. The summed E-state index contributed by atoms with van der Waals surface area (Å²) in [7, 11) is 3.44. The van der Waals surface area contributed by atoms with E-state index in [9.17, 15) is 9.50 Å². The van der Waals surface area contributed by atoms with Crippen molar-refractivity contribution in [3.05, 3.63) is 71.1 Å². The van der Waals surface area contributed by atoms with Gasteiger partial charge in [0.15, 0.2) is 5.65 Å². The second-order valence-electron chi connectivity index (χ2n) is 7.13. The third kappa shape index (κ3) is 4.12. The van der Waals surface area contributed by atoms with Crippen LogP contribution in [0.25, 0.3) is 28.0 Å². The second kappa shape index (κ2) is 9.01. The van der Waals surface area contributed by atoms with E-state index in [4.69, 9.17) is 26.4 Å². The zero-order valence-corrected chi connectivity index (χ0v) is 18.0.